The van der Waals surface area contributed by atoms with Crippen molar-refractivity contribution in [3.63, 3.8) is 0 Å². The van der Waals surface area contributed by atoms with Gasteiger partial charge in [0.15, 0.2) is 5.82 Å². The Hall–Kier alpha value is -3.56. The van der Waals surface area contributed by atoms with Gasteiger partial charge in [-0.2, -0.15) is 0 Å². The molecule has 2 amide bonds. The van der Waals surface area contributed by atoms with Crippen LogP contribution < -0.4 is 5.32 Å². The van der Waals surface area contributed by atoms with E-state index in [9.17, 15) is 9.59 Å². The molecule has 0 aliphatic carbocycles. The number of carbonyl (C=O) groups is 2. The van der Waals surface area contributed by atoms with Crippen molar-refractivity contribution in [2.24, 2.45) is 5.92 Å². The summed E-state index contributed by atoms with van der Waals surface area (Å²) in [6, 6.07) is 10.9. The number of rotatable bonds is 6. The number of likely N-dealkylation sites (tertiary alicyclic amines) is 1. The molecule has 0 radical (unpaired) electrons. The number of aryl methyl sites for hydroxylation is 1. The van der Waals surface area contributed by atoms with Gasteiger partial charge in [-0.15, -0.1) is 5.10 Å². The lowest BCUT2D eigenvalue weighted by atomic mass is 9.95. The molecule has 0 saturated carbocycles. The fraction of sp³-hybridized carbons (Fsp3) is 0.400. The predicted molar refractivity (Wildman–Crippen MR) is 106 cm³/mol. The molecule has 1 saturated heterocycles. The Morgan fingerprint density at radius 3 is 2.63 bits per heavy atom. The average Bonchev–Trinajstić information content (AvgIpc) is 3.44. The molecule has 1 N–H and O–H groups in total. The molecule has 1 aromatic carbocycles. The second-order valence-electron chi connectivity index (χ2n) is 7.41. The summed E-state index contributed by atoms with van der Waals surface area (Å²) in [6.45, 7) is 2.77. The number of tetrazole rings is 1. The second-order valence-corrected chi connectivity index (χ2v) is 7.41. The average molecular weight is 409 g/mol. The fourth-order valence-electron chi connectivity index (χ4n) is 3.67. The van der Waals surface area contributed by atoms with Crippen molar-refractivity contribution in [1.29, 1.82) is 0 Å². The number of nitrogens with zero attached hydrogens (tertiary/aromatic N) is 6. The molecule has 2 aromatic heterocycles. The van der Waals surface area contributed by atoms with Crippen LogP contribution in [0.2, 0.25) is 0 Å². The van der Waals surface area contributed by atoms with Gasteiger partial charge in [-0.3, -0.25) is 9.59 Å². The quantitative estimate of drug-likeness (QED) is 0.657. The molecular formula is C20H23N7O3. The maximum atomic E-state index is 13.3. The molecule has 156 valence electrons. The Bertz CT molecular complexity index is 979. The van der Waals surface area contributed by atoms with Gasteiger partial charge in [0, 0.05) is 31.5 Å². The van der Waals surface area contributed by atoms with Gasteiger partial charge in [-0.1, -0.05) is 35.5 Å². The van der Waals surface area contributed by atoms with Crippen LogP contribution in [0.5, 0.6) is 0 Å². The molecule has 1 atom stereocenters. The van der Waals surface area contributed by atoms with Gasteiger partial charge < -0.3 is 14.7 Å². The van der Waals surface area contributed by atoms with E-state index in [1.54, 1.807) is 17.9 Å². The lowest BCUT2D eigenvalue weighted by Crippen LogP contribution is -2.45. The van der Waals surface area contributed by atoms with Crippen LogP contribution in [-0.4, -0.2) is 55.2 Å². The van der Waals surface area contributed by atoms with Crippen LogP contribution in [0.25, 0.3) is 0 Å². The number of benzene rings is 1. The lowest BCUT2D eigenvalue weighted by Gasteiger charge is -2.33. The molecule has 1 unspecified atom stereocenters. The minimum Gasteiger partial charge on any atom is -0.360 e. The van der Waals surface area contributed by atoms with Crippen molar-refractivity contribution in [1.82, 2.24) is 30.3 Å². The number of hydrogen-bond donors (Lipinski definition) is 1. The Morgan fingerprint density at radius 2 is 2.00 bits per heavy atom. The van der Waals surface area contributed by atoms with Crippen LogP contribution in [0.4, 0.5) is 5.82 Å². The summed E-state index contributed by atoms with van der Waals surface area (Å²) in [6.07, 6.45) is 3.13. The Morgan fingerprint density at radius 1 is 1.23 bits per heavy atom. The van der Waals surface area contributed by atoms with Gasteiger partial charge >= 0.3 is 0 Å². The monoisotopic (exact) mass is 409 g/mol. The van der Waals surface area contributed by atoms with Crippen molar-refractivity contribution in [3.8, 4) is 0 Å². The van der Waals surface area contributed by atoms with Crippen LogP contribution in [-0.2, 0) is 16.0 Å². The third-order valence-corrected chi connectivity index (χ3v) is 5.30. The van der Waals surface area contributed by atoms with Gasteiger partial charge in [0.2, 0.25) is 11.8 Å². The number of carbonyl (C=O) groups excluding carboxylic acids is 2. The normalized spacial score (nSPS) is 15.7. The Balaban J connectivity index is 1.38. The molecule has 1 fully saturated rings. The first-order valence-electron chi connectivity index (χ1n) is 9.89. The van der Waals surface area contributed by atoms with Crippen LogP contribution in [0, 0.1) is 12.8 Å². The molecule has 4 rings (SSSR count). The van der Waals surface area contributed by atoms with E-state index in [1.165, 1.54) is 11.0 Å². The van der Waals surface area contributed by atoms with E-state index in [4.69, 9.17) is 4.52 Å². The topological polar surface area (TPSA) is 119 Å². The van der Waals surface area contributed by atoms with E-state index < -0.39 is 6.04 Å². The molecule has 3 heterocycles. The van der Waals surface area contributed by atoms with Gasteiger partial charge in [-0.05, 0) is 35.8 Å². The number of anilines is 1. The van der Waals surface area contributed by atoms with Crippen molar-refractivity contribution in [3.05, 3.63) is 54.0 Å². The zero-order valence-electron chi connectivity index (χ0n) is 16.6. The smallest absolute Gasteiger partial charge is 0.247 e. The summed E-state index contributed by atoms with van der Waals surface area (Å²) in [7, 11) is 0. The summed E-state index contributed by atoms with van der Waals surface area (Å²) in [5.74, 6) is 0.732. The first-order valence-corrected chi connectivity index (χ1v) is 9.89. The number of hydrogen-bond acceptors (Lipinski definition) is 7. The SMILES string of the molecule is Cc1cc(NC(=O)C2CCN(C(=O)C(Cc3ccccc3)n3cnnn3)CC2)no1. The van der Waals surface area contributed by atoms with E-state index in [-0.39, 0.29) is 17.7 Å². The van der Waals surface area contributed by atoms with Crippen molar-refractivity contribution in [2.75, 3.05) is 18.4 Å². The van der Waals surface area contributed by atoms with Crippen LogP contribution >= 0.6 is 0 Å². The van der Waals surface area contributed by atoms with Crippen LogP contribution in [0.3, 0.4) is 0 Å². The number of nitrogens with one attached hydrogen (secondary N) is 1. The summed E-state index contributed by atoms with van der Waals surface area (Å²) >= 11 is 0. The summed E-state index contributed by atoms with van der Waals surface area (Å²) in [5.41, 5.74) is 1.03. The lowest BCUT2D eigenvalue weighted by molar-refractivity contribution is -0.138. The zero-order chi connectivity index (χ0) is 20.9. The van der Waals surface area contributed by atoms with E-state index in [2.05, 4.69) is 26.0 Å². The maximum absolute atomic E-state index is 13.3. The minimum absolute atomic E-state index is 0.0443. The third-order valence-electron chi connectivity index (χ3n) is 5.30. The summed E-state index contributed by atoms with van der Waals surface area (Å²) in [5, 5.41) is 17.9. The standard InChI is InChI=1S/C20H23N7O3/c1-14-11-18(23-30-14)22-19(28)16-7-9-26(10-8-16)20(29)17(27-13-21-24-25-27)12-15-5-3-2-4-6-15/h2-6,11,13,16-17H,7-10,12H2,1H3,(H,22,23,28). The molecular weight excluding hydrogens is 386 g/mol. The first kappa shape index (κ1) is 19.7. The van der Waals surface area contributed by atoms with Gasteiger partial charge in [0.05, 0.1) is 0 Å². The van der Waals surface area contributed by atoms with E-state index >= 15 is 0 Å². The molecule has 1 aliphatic rings. The summed E-state index contributed by atoms with van der Waals surface area (Å²) in [4.78, 5) is 27.5. The third kappa shape index (κ3) is 4.53. The van der Waals surface area contributed by atoms with Crippen molar-refractivity contribution >= 4 is 17.6 Å². The zero-order valence-corrected chi connectivity index (χ0v) is 16.6. The van der Waals surface area contributed by atoms with Gasteiger partial charge in [0.25, 0.3) is 0 Å². The maximum Gasteiger partial charge on any atom is 0.247 e. The number of piperidine rings is 1. The van der Waals surface area contributed by atoms with E-state index in [0.717, 1.165) is 5.56 Å². The highest BCUT2D eigenvalue weighted by Crippen LogP contribution is 2.23. The second kappa shape index (κ2) is 8.85. The fourth-order valence-corrected chi connectivity index (χ4v) is 3.67. The molecule has 3 aromatic rings. The highest BCUT2D eigenvalue weighted by Gasteiger charge is 2.32. The molecule has 0 spiro atoms. The minimum atomic E-state index is -0.522. The van der Waals surface area contributed by atoms with Crippen molar-refractivity contribution in [2.45, 2.75) is 32.2 Å². The molecule has 10 heteroatoms. The molecule has 1 aliphatic heterocycles. The van der Waals surface area contributed by atoms with Gasteiger partial charge in [0.1, 0.15) is 18.1 Å². The van der Waals surface area contributed by atoms with E-state index in [0.29, 0.717) is 43.9 Å². The molecule has 0 bridgehead atoms. The Labute approximate surface area is 173 Å². The van der Waals surface area contributed by atoms with E-state index in [1.807, 2.05) is 30.3 Å². The van der Waals surface area contributed by atoms with Crippen molar-refractivity contribution < 1.29 is 14.1 Å². The predicted octanol–water partition coefficient (Wildman–Crippen LogP) is 1.63. The largest absolute Gasteiger partial charge is 0.360 e. The highest BCUT2D eigenvalue weighted by atomic mass is 16.5. The molecule has 10 nitrogen and oxygen atoms in total. The molecule has 30 heavy (non-hydrogen) atoms. The number of amides is 2. The Kier molecular flexibility index (Phi) is 5.82. The summed E-state index contributed by atoms with van der Waals surface area (Å²) < 4.78 is 6.48. The highest BCUT2D eigenvalue weighted by molar-refractivity contribution is 5.92. The number of aromatic nitrogens is 5. The van der Waals surface area contributed by atoms with Crippen LogP contribution in [0.15, 0.2) is 47.2 Å². The van der Waals surface area contributed by atoms with Crippen LogP contribution in [0.1, 0.15) is 30.2 Å². The first-order chi connectivity index (χ1) is 14.6. The van der Waals surface area contributed by atoms with Gasteiger partial charge in [-0.25, -0.2) is 4.68 Å².